The minimum Gasteiger partial charge on any atom is -0.497 e. The van der Waals surface area contributed by atoms with Crippen LogP contribution in [0.5, 0.6) is 5.75 Å². The lowest BCUT2D eigenvalue weighted by atomic mass is 10.1. The van der Waals surface area contributed by atoms with Gasteiger partial charge in [-0.25, -0.2) is 8.42 Å². The van der Waals surface area contributed by atoms with Crippen LogP contribution in [0.4, 0.5) is 5.69 Å². The molecule has 2 aromatic carbocycles. The van der Waals surface area contributed by atoms with Crippen molar-refractivity contribution in [2.75, 3.05) is 24.4 Å². The van der Waals surface area contributed by atoms with Crippen LogP contribution < -0.4 is 15.4 Å². The summed E-state index contributed by atoms with van der Waals surface area (Å²) in [6.07, 6.45) is 1.04. The van der Waals surface area contributed by atoms with Crippen molar-refractivity contribution in [3.8, 4) is 5.75 Å². The number of nitrogens with one attached hydrogen (secondary N) is 2. The number of rotatable bonds is 8. The first kappa shape index (κ1) is 21.9. The Kier molecular flexibility index (Phi) is 7.59. The van der Waals surface area contributed by atoms with E-state index in [0.29, 0.717) is 21.5 Å². The first-order valence-electron chi connectivity index (χ1n) is 8.37. The lowest BCUT2D eigenvalue weighted by Gasteiger charge is -2.19. The minimum atomic E-state index is -3.30. The van der Waals surface area contributed by atoms with Gasteiger partial charge in [0.25, 0.3) is 5.91 Å². The number of sulfone groups is 1. The average Bonchev–Trinajstić information content (AvgIpc) is 2.65. The molecule has 0 aliphatic heterocycles. The normalized spacial score (nSPS) is 12.1. The quantitative estimate of drug-likeness (QED) is 0.619. The zero-order chi connectivity index (χ0) is 20.7. The molecule has 0 bridgehead atoms. The molecule has 0 radical (unpaired) electrons. The summed E-state index contributed by atoms with van der Waals surface area (Å²) in [5.74, 6) is -0.580. The summed E-state index contributed by atoms with van der Waals surface area (Å²) in [5.41, 5.74) is 0.856. The fourth-order valence-corrected chi connectivity index (χ4v) is 3.51. The van der Waals surface area contributed by atoms with Gasteiger partial charge in [0.1, 0.15) is 21.6 Å². The molecule has 0 aliphatic carbocycles. The van der Waals surface area contributed by atoms with Gasteiger partial charge in [-0.1, -0.05) is 12.1 Å². The third kappa shape index (κ3) is 6.65. The van der Waals surface area contributed by atoms with E-state index in [9.17, 15) is 18.0 Å². The molecule has 2 rings (SSSR count). The number of hydrogen-bond donors (Lipinski definition) is 2. The third-order valence-electron chi connectivity index (χ3n) is 3.88. The Bertz CT molecular complexity index is 945. The van der Waals surface area contributed by atoms with Crippen molar-refractivity contribution < 1.29 is 22.7 Å². The van der Waals surface area contributed by atoms with Gasteiger partial charge in [-0.05, 0) is 58.7 Å². The predicted molar refractivity (Wildman–Crippen MR) is 111 cm³/mol. The molecule has 150 valence electrons. The highest BCUT2D eigenvalue weighted by Crippen LogP contribution is 2.17. The van der Waals surface area contributed by atoms with Gasteiger partial charge in [-0.3, -0.25) is 9.59 Å². The number of methoxy groups -OCH3 is 1. The lowest BCUT2D eigenvalue weighted by molar-refractivity contribution is -0.118. The Labute approximate surface area is 172 Å². The van der Waals surface area contributed by atoms with Crippen molar-refractivity contribution in [3.05, 3.63) is 58.6 Å². The van der Waals surface area contributed by atoms with Gasteiger partial charge in [0.05, 0.1) is 18.4 Å². The predicted octanol–water partition coefficient (Wildman–Crippen LogP) is 2.63. The first-order chi connectivity index (χ1) is 13.2. The zero-order valence-corrected chi connectivity index (χ0v) is 17.8. The van der Waals surface area contributed by atoms with Gasteiger partial charge in [-0.15, -0.1) is 0 Å². The van der Waals surface area contributed by atoms with Gasteiger partial charge in [-0.2, -0.15) is 0 Å². The van der Waals surface area contributed by atoms with Crippen LogP contribution >= 0.6 is 15.9 Å². The summed E-state index contributed by atoms with van der Waals surface area (Å²) in [6, 6.07) is 12.4. The van der Waals surface area contributed by atoms with Gasteiger partial charge >= 0.3 is 0 Å². The van der Waals surface area contributed by atoms with Gasteiger partial charge in [0, 0.05) is 16.4 Å². The first-order valence-corrected chi connectivity index (χ1v) is 11.2. The van der Waals surface area contributed by atoms with E-state index in [1.807, 2.05) is 0 Å². The molecule has 28 heavy (non-hydrogen) atoms. The van der Waals surface area contributed by atoms with Gasteiger partial charge in [0.2, 0.25) is 5.91 Å². The summed E-state index contributed by atoms with van der Waals surface area (Å²) in [6.45, 7) is 0. The highest BCUT2D eigenvalue weighted by Gasteiger charge is 2.24. The highest BCUT2D eigenvalue weighted by molar-refractivity contribution is 9.10. The molecule has 0 fully saturated rings. The van der Waals surface area contributed by atoms with Crippen LogP contribution in [0, 0.1) is 0 Å². The average molecular weight is 469 g/mol. The van der Waals surface area contributed by atoms with E-state index in [2.05, 4.69) is 26.6 Å². The van der Waals surface area contributed by atoms with E-state index in [4.69, 9.17) is 4.74 Å². The van der Waals surface area contributed by atoms with Gasteiger partial charge in [0.15, 0.2) is 0 Å². The monoisotopic (exact) mass is 468 g/mol. The number of carbonyl (C=O) groups excluding carboxylic acids is 2. The van der Waals surface area contributed by atoms with Crippen LogP contribution in [0.2, 0.25) is 0 Å². The molecule has 0 saturated heterocycles. The molecular weight excluding hydrogens is 448 g/mol. The fraction of sp³-hybridized carbons (Fsp3) is 0.263. The second kappa shape index (κ2) is 9.70. The second-order valence-corrected chi connectivity index (χ2v) is 9.26. The van der Waals surface area contributed by atoms with Crippen molar-refractivity contribution in [3.63, 3.8) is 0 Å². The minimum absolute atomic E-state index is 0.0446. The largest absolute Gasteiger partial charge is 0.497 e. The molecule has 0 aliphatic rings. The zero-order valence-electron chi connectivity index (χ0n) is 15.4. The van der Waals surface area contributed by atoms with E-state index in [1.54, 1.807) is 48.5 Å². The summed E-state index contributed by atoms with van der Waals surface area (Å²) in [5, 5.41) is 5.30. The molecule has 2 amide bonds. The highest BCUT2D eigenvalue weighted by atomic mass is 79.9. The summed E-state index contributed by atoms with van der Waals surface area (Å²) in [7, 11) is -1.77. The number of anilines is 1. The molecule has 0 spiro atoms. The Morgan fingerprint density at radius 2 is 1.75 bits per heavy atom. The maximum atomic E-state index is 12.7. The topological polar surface area (TPSA) is 102 Å². The van der Waals surface area contributed by atoms with E-state index < -0.39 is 27.7 Å². The van der Waals surface area contributed by atoms with Crippen molar-refractivity contribution in [2.24, 2.45) is 0 Å². The number of hydrogen-bond acceptors (Lipinski definition) is 5. The van der Waals surface area contributed by atoms with E-state index in [0.717, 1.165) is 6.26 Å². The molecule has 1 atom stereocenters. The standard InChI is InChI=1S/C19H21BrN2O5S/c1-27-14-9-7-13(8-10-14)21-19(24)17(11-12-28(2,25)26)22-18(23)15-5-3-4-6-16(15)20/h3-10,17H,11-12H2,1-2H3,(H,21,24)(H,22,23)/t17-/m1/s1. The summed E-state index contributed by atoms with van der Waals surface area (Å²) in [4.78, 5) is 25.2. The maximum Gasteiger partial charge on any atom is 0.253 e. The van der Waals surface area contributed by atoms with Crippen molar-refractivity contribution in [1.82, 2.24) is 5.32 Å². The fourth-order valence-electron chi connectivity index (χ4n) is 2.39. The van der Waals surface area contributed by atoms with Crippen LogP contribution in [0.15, 0.2) is 53.0 Å². The van der Waals surface area contributed by atoms with Crippen LogP contribution in [0.1, 0.15) is 16.8 Å². The van der Waals surface area contributed by atoms with Gasteiger partial charge < -0.3 is 15.4 Å². The molecule has 2 N–H and O–H groups in total. The maximum absolute atomic E-state index is 12.7. The van der Waals surface area contributed by atoms with Crippen LogP contribution in [0.3, 0.4) is 0 Å². The summed E-state index contributed by atoms with van der Waals surface area (Å²) >= 11 is 3.29. The molecule has 7 nitrogen and oxygen atoms in total. The molecule has 0 saturated carbocycles. The Morgan fingerprint density at radius 3 is 2.32 bits per heavy atom. The molecule has 0 aromatic heterocycles. The number of halogens is 1. The number of ether oxygens (including phenoxy) is 1. The van der Waals surface area contributed by atoms with Crippen LogP contribution in [-0.2, 0) is 14.6 Å². The van der Waals surface area contributed by atoms with E-state index in [1.165, 1.54) is 7.11 Å². The Hall–Kier alpha value is -2.39. The lowest BCUT2D eigenvalue weighted by Crippen LogP contribution is -2.44. The Balaban J connectivity index is 2.16. The van der Waals surface area contributed by atoms with Crippen LogP contribution in [0.25, 0.3) is 0 Å². The van der Waals surface area contributed by atoms with Crippen LogP contribution in [-0.4, -0.2) is 45.4 Å². The third-order valence-corrected chi connectivity index (χ3v) is 5.54. The molecule has 2 aromatic rings. The van der Waals surface area contributed by atoms with E-state index >= 15 is 0 Å². The summed E-state index contributed by atoms with van der Waals surface area (Å²) < 4.78 is 28.7. The van der Waals surface area contributed by atoms with Crippen molar-refractivity contribution >= 4 is 43.3 Å². The molecule has 0 heterocycles. The molecular formula is C19H21BrN2O5S. The molecule has 9 heteroatoms. The Morgan fingerprint density at radius 1 is 1.11 bits per heavy atom. The second-order valence-electron chi connectivity index (χ2n) is 6.14. The van der Waals surface area contributed by atoms with Crippen molar-refractivity contribution in [2.45, 2.75) is 12.5 Å². The number of carbonyl (C=O) groups is 2. The number of benzene rings is 2. The number of amides is 2. The van der Waals surface area contributed by atoms with Crippen molar-refractivity contribution in [1.29, 1.82) is 0 Å². The van der Waals surface area contributed by atoms with E-state index in [-0.39, 0.29) is 12.2 Å². The SMILES string of the molecule is COc1ccc(NC(=O)[C@@H](CCS(C)(=O)=O)NC(=O)c2ccccc2Br)cc1. The smallest absolute Gasteiger partial charge is 0.253 e. The molecule has 0 unspecified atom stereocenters.